The van der Waals surface area contributed by atoms with Crippen LogP contribution in [-0.2, 0) is 9.53 Å². The number of rotatable bonds is 6. The van der Waals surface area contributed by atoms with Crippen molar-refractivity contribution in [1.82, 2.24) is 0 Å². The molecular weight excluding hydrogens is 156 g/mol. The average molecular weight is 174 g/mol. The van der Waals surface area contributed by atoms with Crippen molar-refractivity contribution in [3.63, 3.8) is 0 Å². The Bertz CT molecular complexity index is 123. The Kier molecular flexibility index (Phi) is 6.76. The molecular formula is C9H18O3. The fourth-order valence-corrected chi connectivity index (χ4v) is 1.09. The number of hydrogen-bond donors (Lipinski definition) is 1. The molecule has 0 aliphatic rings. The number of ether oxygens (including phenoxy) is 1. The molecule has 0 aliphatic heterocycles. The van der Waals surface area contributed by atoms with Crippen molar-refractivity contribution in [2.24, 2.45) is 5.92 Å². The molecule has 0 saturated carbocycles. The van der Waals surface area contributed by atoms with Crippen LogP contribution in [0, 0.1) is 5.92 Å². The molecule has 0 heterocycles. The van der Waals surface area contributed by atoms with Gasteiger partial charge in [0, 0.05) is 0 Å². The number of carbonyl (C=O) groups excluding carboxylic acids is 1. The molecule has 0 rings (SSSR count). The van der Waals surface area contributed by atoms with Gasteiger partial charge in [-0.3, -0.25) is 4.79 Å². The molecule has 0 aliphatic carbocycles. The van der Waals surface area contributed by atoms with Crippen LogP contribution in [-0.4, -0.2) is 24.8 Å². The molecule has 0 amide bonds. The monoisotopic (exact) mass is 174 g/mol. The summed E-state index contributed by atoms with van der Waals surface area (Å²) in [6.07, 6.45) is 3.95. The lowest BCUT2D eigenvalue weighted by molar-refractivity contribution is -0.147. The number of hydrogen-bond acceptors (Lipinski definition) is 3. The van der Waals surface area contributed by atoms with Gasteiger partial charge in [-0.15, -0.1) is 0 Å². The zero-order chi connectivity index (χ0) is 9.40. The standard InChI is InChI=1S/C9H18O3/c1-3-4-5-6-8(7-10)9(11)12-2/h8,10H,3-7H2,1-2H3. The van der Waals surface area contributed by atoms with Crippen LogP contribution in [0.4, 0.5) is 0 Å². The SMILES string of the molecule is CCCCCC(CO)C(=O)OC. The number of aliphatic hydroxyl groups is 1. The van der Waals surface area contributed by atoms with Gasteiger partial charge in [0.05, 0.1) is 19.6 Å². The minimum Gasteiger partial charge on any atom is -0.469 e. The summed E-state index contributed by atoms with van der Waals surface area (Å²) in [6.45, 7) is 2.00. The largest absolute Gasteiger partial charge is 0.469 e. The zero-order valence-electron chi connectivity index (χ0n) is 7.88. The summed E-state index contributed by atoms with van der Waals surface area (Å²) in [5.74, 6) is -0.616. The molecule has 1 atom stereocenters. The number of aliphatic hydroxyl groups excluding tert-OH is 1. The maximum Gasteiger partial charge on any atom is 0.310 e. The van der Waals surface area contributed by atoms with Crippen molar-refractivity contribution in [1.29, 1.82) is 0 Å². The summed E-state index contributed by atoms with van der Waals surface area (Å²) >= 11 is 0. The van der Waals surface area contributed by atoms with E-state index >= 15 is 0 Å². The molecule has 3 heteroatoms. The van der Waals surface area contributed by atoms with Crippen LogP contribution in [0.15, 0.2) is 0 Å². The molecule has 0 aromatic heterocycles. The first kappa shape index (κ1) is 11.4. The quantitative estimate of drug-likeness (QED) is 0.488. The summed E-state index contributed by atoms with van der Waals surface area (Å²) in [6, 6.07) is 0. The normalized spacial score (nSPS) is 12.6. The first-order valence-corrected chi connectivity index (χ1v) is 4.45. The van der Waals surface area contributed by atoms with Crippen LogP contribution in [0.3, 0.4) is 0 Å². The lowest BCUT2D eigenvalue weighted by Gasteiger charge is -2.10. The Morgan fingerprint density at radius 1 is 1.50 bits per heavy atom. The second kappa shape index (κ2) is 7.10. The fraction of sp³-hybridized carbons (Fsp3) is 0.889. The Hall–Kier alpha value is -0.570. The summed E-state index contributed by atoms with van der Waals surface area (Å²) in [7, 11) is 1.35. The highest BCUT2D eigenvalue weighted by Gasteiger charge is 2.16. The summed E-state index contributed by atoms with van der Waals surface area (Å²) < 4.78 is 4.53. The van der Waals surface area contributed by atoms with E-state index in [0.717, 1.165) is 25.7 Å². The van der Waals surface area contributed by atoms with Gasteiger partial charge in [0.15, 0.2) is 0 Å². The molecule has 0 aromatic rings. The molecule has 0 spiro atoms. The zero-order valence-corrected chi connectivity index (χ0v) is 7.88. The van der Waals surface area contributed by atoms with Crippen molar-refractivity contribution in [3.05, 3.63) is 0 Å². The van der Waals surface area contributed by atoms with Gasteiger partial charge in [0.2, 0.25) is 0 Å². The second-order valence-electron chi connectivity index (χ2n) is 2.90. The van der Waals surface area contributed by atoms with E-state index in [4.69, 9.17) is 5.11 Å². The highest BCUT2D eigenvalue weighted by Crippen LogP contribution is 2.10. The first-order chi connectivity index (χ1) is 5.76. The molecule has 12 heavy (non-hydrogen) atoms. The van der Waals surface area contributed by atoms with Gasteiger partial charge < -0.3 is 9.84 Å². The van der Waals surface area contributed by atoms with Gasteiger partial charge in [0.25, 0.3) is 0 Å². The summed E-state index contributed by atoms with van der Waals surface area (Å²) in [5.41, 5.74) is 0. The molecule has 1 N–H and O–H groups in total. The minimum atomic E-state index is -0.318. The summed E-state index contributed by atoms with van der Waals surface area (Å²) in [5, 5.41) is 8.83. The third kappa shape index (κ3) is 4.34. The lowest BCUT2D eigenvalue weighted by Crippen LogP contribution is -2.19. The summed E-state index contributed by atoms with van der Waals surface area (Å²) in [4.78, 5) is 11.0. The van der Waals surface area contributed by atoms with Crippen LogP contribution in [0.1, 0.15) is 32.6 Å². The van der Waals surface area contributed by atoms with E-state index in [-0.39, 0.29) is 18.5 Å². The van der Waals surface area contributed by atoms with Crippen molar-refractivity contribution in [2.75, 3.05) is 13.7 Å². The number of esters is 1. The molecule has 0 saturated heterocycles. The average Bonchev–Trinajstić information content (AvgIpc) is 2.11. The lowest BCUT2D eigenvalue weighted by atomic mass is 10.0. The van der Waals surface area contributed by atoms with Gasteiger partial charge in [-0.25, -0.2) is 0 Å². The van der Waals surface area contributed by atoms with Crippen LogP contribution < -0.4 is 0 Å². The maximum atomic E-state index is 11.0. The second-order valence-corrected chi connectivity index (χ2v) is 2.90. The van der Waals surface area contributed by atoms with Gasteiger partial charge in [-0.1, -0.05) is 26.2 Å². The molecule has 0 aromatic carbocycles. The van der Waals surface area contributed by atoms with Crippen LogP contribution >= 0.6 is 0 Å². The van der Waals surface area contributed by atoms with Crippen LogP contribution in [0.25, 0.3) is 0 Å². The highest BCUT2D eigenvalue weighted by molar-refractivity contribution is 5.72. The van der Waals surface area contributed by atoms with Gasteiger partial charge in [-0.2, -0.15) is 0 Å². The molecule has 1 unspecified atom stereocenters. The van der Waals surface area contributed by atoms with E-state index < -0.39 is 0 Å². The van der Waals surface area contributed by atoms with E-state index in [1.807, 2.05) is 0 Å². The Morgan fingerprint density at radius 3 is 2.58 bits per heavy atom. The molecule has 0 bridgehead atoms. The molecule has 0 fully saturated rings. The van der Waals surface area contributed by atoms with Crippen molar-refractivity contribution < 1.29 is 14.6 Å². The predicted octanol–water partition coefficient (Wildman–Crippen LogP) is 1.35. The molecule has 72 valence electrons. The van der Waals surface area contributed by atoms with E-state index in [1.165, 1.54) is 7.11 Å². The van der Waals surface area contributed by atoms with E-state index in [2.05, 4.69) is 11.7 Å². The Balaban J connectivity index is 3.60. The van der Waals surface area contributed by atoms with Crippen molar-refractivity contribution in [3.8, 4) is 0 Å². The Morgan fingerprint density at radius 2 is 2.17 bits per heavy atom. The van der Waals surface area contributed by atoms with Gasteiger partial charge in [0.1, 0.15) is 0 Å². The van der Waals surface area contributed by atoms with Crippen LogP contribution in [0.2, 0.25) is 0 Å². The van der Waals surface area contributed by atoms with Crippen LogP contribution in [0.5, 0.6) is 0 Å². The van der Waals surface area contributed by atoms with E-state index in [0.29, 0.717) is 0 Å². The van der Waals surface area contributed by atoms with Gasteiger partial charge >= 0.3 is 5.97 Å². The predicted molar refractivity (Wildman–Crippen MR) is 46.7 cm³/mol. The third-order valence-corrected chi connectivity index (χ3v) is 1.91. The number of unbranched alkanes of at least 4 members (excludes halogenated alkanes) is 2. The van der Waals surface area contributed by atoms with Gasteiger partial charge in [-0.05, 0) is 6.42 Å². The van der Waals surface area contributed by atoms with Crippen molar-refractivity contribution in [2.45, 2.75) is 32.6 Å². The minimum absolute atomic E-state index is 0.101. The maximum absolute atomic E-state index is 11.0. The number of methoxy groups -OCH3 is 1. The van der Waals surface area contributed by atoms with E-state index in [1.54, 1.807) is 0 Å². The van der Waals surface area contributed by atoms with E-state index in [9.17, 15) is 4.79 Å². The first-order valence-electron chi connectivity index (χ1n) is 4.45. The molecule has 0 radical (unpaired) electrons. The smallest absolute Gasteiger partial charge is 0.310 e. The van der Waals surface area contributed by atoms with Crippen molar-refractivity contribution >= 4 is 5.97 Å². The number of carbonyl (C=O) groups is 1. The Labute approximate surface area is 73.7 Å². The fourth-order valence-electron chi connectivity index (χ4n) is 1.09. The highest BCUT2D eigenvalue weighted by atomic mass is 16.5. The molecule has 3 nitrogen and oxygen atoms in total. The third-order valence-electron chi connectivity index (χ3n) is 1.91. The topological polar surface area (TPSA) is 46.5 Å².